The number of fused-ring (bicyclic) bond motifs is 1. The minimum atomic E-state index is -0.262. The third-order valence-corrected chi connectivity index (χ3v) is 3.91. The van der Waals surface area contributed by atoms with Gasteiger partial charge in [0.25, 0.3) is 0 Å². The first kappa shape index (κ1) is 12.1. The Morgan fingerprint density at radius 1 is 1.50 bits per heavy atom. The molecule has 3 rings (SSSR count). The predicted octanol–water partition coefficient (Wildman–Crippen LogP) is 2.21. The Morgan fingerprint density at radius 3 is 3.17 bits per heavy atom. The number of ether oxygens (including phenoxy) is 1. The molecule has 2 N–H and O–H groups in total. The largest absolute Gasteiger partial charge is 0.377 e. The minimum Gasteiger partial charge on any atom is -0.377 e. The molecule has 0 saturated carbocycles. The van der Waals surface area contributed by atoms with E-state index in [1.54, 1.807) is 0 Å². The van der Waals surface area contributed by atoms with E-state index < -0.39 is 0 Å². The lowest BCUT2D eigenvalue weighted by Crippen LogP contribution is -2.33. The van der Waals surface area contributed by atoms with Crippen LogP contribution in [0.5, 0.6) is 0 Å². The van der Waals surface area contributed by atoms with Crippen LogP contribution in [0.15, 0.2) is 22.7 Å². The molecule has 2 atom stereocenters. The van der Waals surface area contributed by atoms with Crippen LogP contribution in [0.4, 0.5) is 5.69 Å². The second-order valence-electron chi connectivity index (χ2n) is 4.70. The summed E-state index contributed by atoms with van der Waals surface area (Å²) < 4.78 is 6.54. The van der Waals surface area contributed by atoms with Gasteiger partial charge in [-0.25, -0.2) is 0 Å². The van der Waals surface area contributed by atoms with E-state index in [0.717, 1.165) is 41.7 Å². The fourth-order valence-electron chi connectivity index (χ4n) is 2.49. The van der Waals surface area contributed by atoms with Gasteiger partial charge in [-0.1, -0.05) is 15.9 Å². The van der Waals surface area contributed by atoms with Gasteiger partial charge in [0.15, 0.2) is 0 Å². The summed E-state index contributed by atoms with van der Waals surface area (Å²) >= 11 is 3.44. The van der Waals surface area contributed by atoms with E-state index in [2.05, 4.69) is 26.6 Å². The molecule has 0 aromatic heterocycles. The summed E-state index contributed by atoms with van der Waals surface area (Å²) in [7, 11) is 0. The zero-order chi connectivity index (χ0) is 12.5. The second kappa shape index (κ2) is 4.99. The van der Waals surface area contributed by atoms with Crippen LogP contribution < -0.4 is 10.6 Å². The molecule has 0 radical (unpaired) electrons. The summed E-state index contributed by atoms with van der Waals surface area (Å²) in [5.41, 5.74) is 1.90. The van der Waals surface area contributed by atoms with Gasteiger partial charge >= 0.3 is 0 Å². The summed E-state index contributed by atoms with van der Waals surface area (Å²) in [5, 5.41) is 6.19. The van der Waals surface area contributed by atoms with Crippen molar-refractivity contribution in [1.29, 1.82) is 0 Å². The summed E-state index contributed by atoms with van der Waals surface area (Å²) in [6.45, 7) is 1.56. The van der Waals surface area contributed by atoms with E-state index in [-0.39, 0.29) is 18.1 Å². The summed E-state index contributed by atoms with van der Waals surface area (Å²) in [6.07, 6.45) is 2.44. The van der Waals surface area contributed by atoms with E-state index in [9.17, 15) is 4.79 Å². The summed E-state index contributed by atoms with van der Waals surface area (Å²) in [5.74, 6) is 0.0149. The molecule has 5 heteroatoms. The molecule has 1 aromatic carbocycles. The number of benzene rings is 1. The Bertz CT molecular complexity index is 472. The lowest BCUT2D eigenvalue weighted by atomic mass is 10.1. The topological polar surface area (TPSA) is 50.4 Å². The Balaban J connectivity index is 1.72. The quantitative estimate of drug-likeness (QED) is 0.900. The number of carbonyl (C=O) groups excluding carboxylic acids is 1. The highest BCUT2D eigenvalue weighted by molar-refractivity contribution is 9.10. The molecule has 1 amide bonds. The van der Waals surface area contributed by atoms with Crippen LogP contribution in [0, 0.1) is 0 Å². The number of rotatable bonds is 3. The molecule has 4 nitrogen and oxygen atoms in total. The van der Waals surface area contributed by atoms with Crippen LogP contribution in [-0.2, 0) is 9.53 Å². The van der Waals surface area contributed by atoms with Crippen molar-refractivity contribution in [3.05, 3.63) is 28.2 Å². The average Bonchev–Trinajstić information content (AvgIpc) is 2.94. The predicted molar refractivity (Wildman–Crippen MR) is 72.5 cm³/mol. The van der Waals surface area contributed by atoms with Crippen molar-refractivity contribution < 1.29 is 9.53 Å². The molecule has 2 aliphatic heterocycles. The van der Waals surface area contributed by atoms with Crippen LogP contribution in [-0.4, -0.2) is 25.2 Å². The van der Waals surface area contributed by atoms with E-state index in [1.807, 2.05) is 18.2 Å². The van der Waals surface area contributed by atoms with Gasteiger partial charge in [-0.05, 0) is 31.0 Å². The normalized spacial score (nSPS) is 26.2. The van der Waals surface area contributed by atoms with Crippen LogP contribution in [0.1, 0.15) is 24.4 Å². The van der Waals surface area contributed by atoms with Gasteiger partial charge in [-0.2, -0.15) is 0 Å². The Morgan fingerprint density at radius 2 is 2.39 bits per heavy atom. The van der Waals surface area contributed by atoms with E-state index in [0.29, 0.717) is 0 Å². The van der Waals surface area contributed by atoms with Crippen molar-refractivity contribution in [3.8, 4) is 0 Å². The summed E-state index contributed by atoms with van der Waals surface area (Å²) in [6, 6.07) is 5.58. The lowest BCUT2D eigenvalue weighted by Gasteiger charge is -2.15. The second-order valence-corrected chi connectivity index (χ2v) is 5.61. The number of hydrogen-bond acceptors (Lipinski definition) is 3. The third-order valence-electron chi connectivity index (χ3n) is 3.42. The highest BCUT2D eigenvalue weighted by Gasteiger charge is 2.31. The van der Waals surface area contributed by atoms with Gasteiger partial charge < -0.3 is 10.1 Å². The van der Waals surface area contributed by atoms with Gasteiger partial charge in [0.2, 0.25) is 5.91 Å². The van der Waals surface area contributed by atoms with Crippen molar-refractivity contribution >= 4 is 27.5 Å². The van der Waals surface area contributed by atoms with E-state index >= 15 is 0 Å². The van der Waals surface area contributed by atoms with Crippen molar-refractivity contribution in [2.45, 2.75) is 25.0 Å². The zero-order valence-corrected chi connectivity index (χ0v) is 11.5. The van der Waals surface area contributed by atoms with Gasteiger partial charge in [0.05, 0.1) is 6.10 Å². The average molecular weight is 311 g/mol. The molecule has 2 aliphatic rings. The van der Waals surface area contributed by atoms with Crippen LogP contribution >= 0.6 is 15.9 Å². The lowest BCUT2D eigenvalue weighted by molar-refractivity contribution is -0.117. The zero-order valence-electron chi connectivity index (χ0n) is 9.91. The van der Waals surface area contributed by atoms with Crippen molar-refractivity contribution in [2.24, 2.45) is 0 Å². The maximum absolute atomic E-state index is 11.9. The SMILES string of the molecule is O=C1Nc2ccc(Br)cc2C1NCC1CCCO1. The maximum atomic E-state index is 11.9. The fraction of sp³-hybridized carbons (Fsp3) is 0.462. The highest BCUT2D eigenvalue weighted by Crippen LogP contribution is 2.33. The number of carbonyl (C=O) groups is 1. The van der Waals surface area contributed by atoms with Gasteiger partial charge in [0.1, 0.15) is 6.04 Å². The minimum absolute atomic E-state index is 0.0149. The smallest absolute Gasteiger partial charge is 0.246 e. The van der Waals surface area contributed by atoms with E-state index in [4.69, 9.17) is 4.74 Å². The number of anilines is 1. The fourth-order valence-corrected chi connectivity index (χ4v) is 2.87. The van der Waals surface area contributed by atoms with Crippen LogP contribution in [0.3, 0.4) is 0 Å². The Labute approximate surface area is 114 Å². The first-order valence-electron chi connectivity index (χ1n) is 6.19. The van der Waals surface area contributed by atoms with Crippen LogP contribution in [0.25, 0.3) is 0 Å². The number of halogens is 1. The molecule has 1 saturated heterocycles. The van der Waals surface area contributed by atoms with Crippen molar-refractivity contribution in [3.63, 3.8) is 0 Å². The molecular weight excluding hydrogens is 296 g/mol. The monoisotopic (exact) mass is 310 g/mol. The molecule has 0 bridgehead atoms. The van der Waals surface area contributed by atoms with Crippen LogP contribution in [0.2, 0.25) is 0 Å². The first-order chi connectivity index (χ1) is 8.74. The Hall–Kier alpha value is -0.910. The molecule has 18 heavy (non-hydrogen) atoms. The highest BCUT2D eigenvalue weighted by atomic mass is 79.9. The van der Waals surface area contributed by atoms with Gasteiger partial charge in [0, 0.05) is 28.9 Å². The van der Waals surface area contributed by atoms with Crippen molar-refractivity contribution in [2.75, 3.05) is 18.5 Å². The first-order valence-corrected chi connectivity index (χ1v) is 6.98. The molecule has 2 heterocycles. The number of amides is 1. The summed E-state index contributed by atoms with van der Waals surface area (Å²) in [4.78, 5) is 11.9. The standard InChI is InChI=1S/C13H15BrN2O2/c14-8-3-4-11-10(6-8)12(13(17)16-11)15-7-9-2-1-5-18-9/h3-4,6,9,12,15H,1-2,5,7H2,(H,16,17). The van der Waals surface area contributed by atoms with Gasteiger partial charge in [-0.15, -0.1) is 0 Å². The number of nitrogens with one attached hydrogen (secondary N) is 2. The number of hydrogen-bond donors (Lipinski definition) is 2. The molecule has 2 unspecified atom stereocenters. The molecular formula is C13H15BrN2O2. The molecule has 1 aromatic rings. The molecule has 96 valence electrons. The third kappa shape index (κ3) is 2.30. The Kier molecular flexibility index (Phi) is 3.37. The molecule has 1 fully saturated rings. The van der Waals surface area contributed by atoms with Crippen molar-refractivity contribution in [1.82, 2.24) is 5.32 Å². The molecule has 0 spiro atoms. The molecule has 0 aliphatic carbocycles. The maximum Gasteiger partial charge on any atom is 0.246 e. The van der Waals surface area contributed by atoms with Gasteiger partial charge in [-0.3, -0.25) is 10.1 Å². The van der Waals surface area contributed by atoms with E-state index in [1.165, 1.54) is 0 Å².